The summed E-state index contributed by atoms with van der Waals surface area (Å²) in [6, 6.07) is 25.9. The molecular formula is C26H28N2O2. The molecule has 4 heteroatoms. The molecule has 1 aliphatic heterocycles. The fraction of sp³-hybridized carbons (Fsp3) is 0.269. The number of carbonyl (C=O) groups excluding carboxylic acids is 1. The van der Waals surface area contributed by atoms with Gasteiger partial charge in [-0.1, -0.05) is 68.4 Å². The number of carbonyl (C=O) groups is 1. The number of nitrogens with zero attached hydrogens (tertiary/aromatic N) is 1. The summed E-state index contributed by atoms with van der Waals surface area (Å²) in [7, 11) is 0. The number of benzene rings is 3. The molecule has 1 aliphatic rings. The van der Waals surface area contributed by atoms with E-state index in [0.29, 0.717) is 24.6 Å². The number of amides is 1. The number of fused-ring (bicyclic) bond motifs is 1. The Hall–Kier alpha value is -3.27. The second kappa shape index (κ2) is 8.23. The van der Waals surface area contributed by atoms with Crippen LogP contribution in [-0.4, -0.2) is 17.4 Å². The lowest BCUT2D eigenvalue weighted by Gasteiger charge is -2.47. The van der Waals surface area contributed by atoms with Gasteiger partial charge in [0.15, 0.2) is 0 Å². The van der Waals surface area contributed by atoms with Gasteiger partial charge in [-0.3, -0.25) is 4.79 Å². The molecule has 0 saturated carbocycles. The quantitative estimate of drug-likeness (QED) is 0.580. The van der Waals surface area contributed by atoms with Gasteiger partial charge in [-0.2, -0.15) is 0 Å². The van der Waals surface area contributed by atoms with Crippen LogP contribution in [0, 0.1) is 5.92 Å². The fourth-order valence-corrected chi connectivity index (χ4v) is 3.82. The second-order valence-corrected chi connectivity index (χ2v) is 8.35. The maximum Gasteiger partial charge on any atom is 0.258 e. The number of para-hydroxylation sites is 1. The maximum atomic E-state index is 13.5. The smallest absolute Gasteiger partial charge is 0.258 e. The third kappa shape index (κ3) is 3.90. The molecule has 0 spiro atoms. The Balaban J connectivity index is 1.71. The fourth-order valence-electron chi connectivity index (χ4n) is 3.82. The van der Waals surface area contributed by atoms with Gasteiger partial charge in [-0.05, 0) is 48.2 Å². The molecule has 0 radical (unpaired) electrons. The minimum Gasteiger partial charge on any atom is -0.493 e. The lowest BCUT2D eigenvalue weighted by atomic mass is 9.93. The van der Waals surface area contributed by atoms with Gasteiger partial charge in [0.25, 0.3) is 5.91 Å². The number of nitrogens with one attached hydrogen (secondary N) is 1. The van der Waals surface area contributed by atoms with Crippen molar-refractivity contribution in [2.75, 3.05) is 11.9 Å². The van der Waals surface area contributed by atoms with Crippen LogP contribution in [0.4, 0.5) is 5.69 Å². The standard InChI is InChI=1S/C26H28N2O2/c1-19(2)18-30-22-15-13-21(14-16-22)26(3)27-24-12-8-7-11-23(24)25(29)28(26)17-20-9-5-4-6-10-20/h4-16,19,27H,17-18H2,1-3H3. The second-order valence-electron chi connectivity index (χ2n) is 8.35. The molecule has 4 nitrogen and oxygen atoms in total. The topological polar surface area (TPSA) is 41.6 Å². The van der Waals surface area contributed by atoms with Gasteiger partial charge < -0.3 is 15.0 Å². The average Bonchev–Trinajstić information content (AvgIpc) is 2.76. The van der Waals surface area contributed by atoms with E-state index in [1.807, 2.05) is 71.6 Å². The van der Waals surface area contributed by atoms with Crippen LogP contribution in [0.1, 0.15) is 42.3 Å². The van der Waals surface area contributed by atoms with Crippen LogP contribution in [-0.2, 0) is 12.2 Å². The van der Waals surface area contributed by atoms with Crippen LogP contribution in [0.25, 0.3) is 0 Å². The summed E-state index contributed by atoms with van der Waals surface area (Å²) < 4.78 is 5.84. The van der Waals surface area contributed by atoms with Gasteiger partial charge in [0.2, 0.25) is 0 Å². The highest BCUT2D eigenvalue weighted by Crippen LogP contribution is 2.39. The molecule has 3 aromatic carbocycles. The van der Waals surface area contributed by atoms with Gasteiger partial charge in [-0.15, -0.1) is 0 Å². The van der Waals surface area contributed by atoms with Gasteiger partial charge in [-0.25, -0.2) is 0 Å². The molecule has 1 amide bonds. The van der Waals surface area contributed by atoms with Crippen molar-refractivity contribution in [3.8, 4) is 5.75 Å². The normalized spacial score (nSPS) is 18.1. The maximum absolute atomic E-state index is 13.5. The molecule has 30 heavy (non-hydrogen) atoms. The molecule has 1 atom stereocenters. The number of rotatable bonds is 6. The molecule has 1 N–H and O–H groups in total. The Kier molecular flexibility index (Phi) is 5.49. The predicted octanol–water partition coefficient (Wildman–Crippen LogP) is 5.66. The van der Waals surface area contributed by atoms with Crippen LogP contribution in [0.3, 0.4) is 0 Å². The third-order valence-corrected chi connectivity index (χ3v) is 5.50. The van der Waals surface area contributed by atoms with Crippen molar-refractivity contribution < 1.29 is 9.53 Å². The summed E-state index contributed by atoms with van der Waals surface area (Å²) in [4.78, 5) is 15.4. The van der Waals surface area contributed by atoms with Crippen LogP contribution < -0.4 is 10.1 Å². The van der Waals surface area contributed by atoms with Crippen LogP contribution in [0.2, 0.25) is 0 Å². The lowest BCUT2D eigenvalue weighted by molar-refractivity contribution is 0.0509. The molecule has 1 heterocycles. The van der Waals surface area contributed by atoms with Gasteiger partial charge >= 0.3 is 0 Å². The average molecular weight is 401 g/mol. The van der Waals surface area contributed by atoms with Crippen molar-refractivity contribution in [1.82, 2.24) is 4.90 Å². The summed E-state index contributed by atoms with van der Waals surface area (Å²) in [5, 5.41) is 3.62. The molecular weight excluding hydrogens is 372 g/mol. The lowest BCUT2D eigenvalue weighted by Crippen LogP contribution is -2.55. The molecule has 0 fully saturated rings. The first-order valence-corrected chi connectivity index (χ1v) is 10.4. The molecule has 154 valence electrons. The zero-order chi connectivity index (χ0) is 21.1. The van der Waals surface area contributed by atoms with Crippen molar-refractivity contribution in [3.05, 3.63) is 95.6 Å². The largest absolute Gasteiger partial charge is 0.493 e. The number of hydrogen-bond acceptors (Lipinski definition) is 3. The minimum atomic E-state index is -0.683. The van der Waals surface area contributed by atoms with E-state index < -0.39 is 5.66 Å². The van der Waals surface area contributed by atoms with E-state index in [1.54, 1.807) is 0 Å². The molecule has 0 bridgehead atoms. The van der Waals surface area contributed by atoms with E-state index in [0.717, 1.165) is 22.6 Å². The van der Waals surface area contributed by atoms with Crippen LogP contribution in [0.15, 0.2) is 78.9 Å². The van der Waals surface area contributed by atoms with E-state index in [1.165, 1.54) is 0 Å². The summed E-state index contributed by atoms with van der Waals surface area (Å²) in [6.07, 6.45) is 0. The number of anilines is 1. The van der Waals surface area contributed by atoms with E-state index in [9.17, 15) is 4.79 Å². The predicted molar refractivity (Wildman–Crippen MR) is 121 cm³/mol. The zero-order valence-corrected chi connectivity index (χ0v) is 17.8. The third-order valence-electron chi connectivity index (χ3n) is 5.50. The monoisotopic (exact) mass is 400 g/mol. The summed E-state index contributed by atoms with van der Waals surface area (Å²) >= 11 is 0. The van der Waals surface area contributed by atoms with E-state index >= 15 is 0 Å². The van der Waals surface area contributed by atoms with Crippen molar-refractivity contribution >= 4 is 11.6 Å². The number of hydrogen-bond donors (Lipinski definition) is 1. The van der Waals surface area contributed by atoms with Crippen molar-refractivity contribution in [2.45, 2.75) is 33.0 Å². The van der Waals surface area contributed by atoms with Crippen LogP contribution >= 0.6 is 0 Å². The zero-order valence-electron chi connectivity index (χ0n) is 17.8. The van der Waals surface area contributed by atoms with Gasteiger partial charge in [0.05, 0.1) is 12.2 Å². The Morgan fingerprint density at radius 3 is 2.30 bits per heavy atom. The van der Waals surface area contributed by atoms with Gasteiger partial charge in [0, 0.05) is 12.2 Å². The molecule has 1 unspecified atom stereocenters. The molecule has 0 aromatic heterocycles. The van der Waals surface area contributed by atoms with Crippen molar-refractivity contribution in [2.24, 2.45) is 5.92 Å². The van der Waals surface area contributed by atoms with E-state index in [-0.39, 0.29) is 5.91 Å². The minimum absolute atomic E-state index is 0.0239. The van der Waals surface area contributed by atoms with E-state index in [4.69, 9.17) is 4.74 Å². The molecule has 4 rings (SSSR count). The Morgan fingerprint density at radius 1 is 0.933 bits per heavy atom. The van der Waals surface area contributed by atoms with Gasteiger partial charge in [0.1, 0.15) is 11.4 Å². The summed E-state index contributed by atoms with van der Waals surface area (Å²) in [5.41, 5.74) is 2.98. The van der Waals surface area contributed by atoms with E-state index in [2.05, 4.69) is 38.2 Å². The molecule has 0 aliphatic carbocycles. The highest BCUT2D eigenvalue weighted by atomic mass is 16.5. The van der Waals surface area contributed by atoms with Crippen molar-refractivity contribution in [3.63, 3.8) is 0 Å². The summed E-state index contributed by atoms with van der Waals surface area (Å²) in [5.74, 6) is 1.33. The highest BCUT2D eigenvalue weighted by Gasteiger charge is 2.42. The Bertz CT molecular complexity index is 1010. The number of ether oxygens (including phenoxy) is 1. The SMILES string of the molecule is CC(C)COc1ccc(C2(C)Nc3ccccc3C(=O)N2Cc2ccccc2)cc1. The first kappa shape index (κ1) is 20.0. The van der Waals surface area contributed by atoms with Crippen molar-refractivity contribution in [1.29, 1.82) is 0 Å². The van der Waals surface area contributed by atoms with Crippen LogP contribution in [0.5, 0.6) is 5.75 Å². The Labute approximate surface area is 178 Å². The highest BCUT2D eigenvalue weighted by molar-refractivity contribution is 6.02. The molecule has 0 saturated heterocycles. The Morgan fingerprint density at radius 2 is 1.60 bits per heavy atom. The first-order valence-electron chi connectivity index (χ1n) is 10.4. The summed E-state index contributed by atoms with van der Waals surface area (Å²) in [6.45, 7) is 7.52. The first-order chi connectivity index (χ1) is 14.5. The molecule has 3 aromatic rings.